The van der Waals surface area contributed by atoms with Crippen molar-refractivity contribution in [3.8, 4) is 0 Å². The van der Waals surface area contributed by atoms with E-state index in [1.54, 1.807) is 18.2 Å². The molecule has 0 aliphatic carbocycles. The fourth-order valence-electron chi connectivity index (χ4n) is 2.47. The van der Waals surface area contributed by atoms with E-state index in [2.05, 4.69) is 29.4 Å². The monoisotopic (exact) mass is 394 g/mol. The zero-order valence-corrected chi connectivity index (χ0v) is 16.1. The van der Waals surface area contributed by atoms with Gasteiger partial charge in [0, 0.05) is 17.7 Å². The highest BCUT2D eigenvalue weighted by Crippen LogP contribution is 2.26. The summed E-state index contributed by atoms with van der Waals surface area (Å²) in [5, 5.41) is 21.7. The summed E-state index contributed by atoms with van der Waals surface area (Å²) in [5.41, 5.74) is 2.70. The Morgan fingerprint density at radius 1 is 1.14 bits per heavy atom. The molecule has 1 N–H and O–H groups in total. The van der Waals surface area contributed by atoms with E-state index in [4.69, 9.17) is 0 Å². The van der Waals surface area contributed by atoms with Gasteiger partial charge >= 0.3 is 0 Å². The van der Waals surface area contributed by atoms with Crippen molar-refractivity contribution in [3.05, 3.63) is 80.2 Å². The number of benzene rings is 2. The third-order valence-corrected chi connectivity index (χ3v) is 4.89. The van der Waals surface area contributed by atoms with Crippen LogP contribution in [0.2, 0.25) is 0 Å². The number of nitrogens with zero attached hydrogens (tertiary/aromatic N) is 3. The van der Waals surface area contributed by atoms with Crippen LogP contribution in [-0.4, -0.2) is 22.2 Å². The molecule has 1 fully saturated rings. The minimum Gasteiger partial charge on any atom is -0.299 e. The van der Waals surface area contributed by atoms with Crippen LogP contribution in [0.1, 0.15) is 36.5 Å². The molecule has 8 heteroatoms. The van der Waals surface area contributed by atoms with Crippen LogP contribution in [0.4, 0.5) is 5.69 Å². The van der Waals surface area contributed by atoms with Gasteiger partial charge in [0.25, 0.3) is 11.6 Å². The number of non-ortho nitro benzene ring substituents is 1. The van der Waals surface area contributed by atoms with Gasteiger partial charge in [0.1, 0.15) is 0 Å². The molecule has 0 saturated carbocycles. The Hall–Kier alpha value is -3.26. The van der Waals surface area contributed by atoms with Gasteiger partial charge in [0.15, 0.2) is 5.17 Å². The highest BCUT2D eigenvalue weighted by molar-refractivity contribution is 8.18. The van der Waals surface area contributed by atoms with Crippen molar-refractivity contribution in [3.63, 3.8) is 0 Å². The zero-order valence-electron chi connectivity index (χ0n) is 15.3. The van der Waals surface area contributed by atoms with E-state index in [0.29, 0.717) is 21.6 Å². The van der Waals surface area contributed by atoms with E-state index < -0.39 is 4.92 Å². The van der Waals surface area contributed by atoms with Crippen LogP contribution in [0.3, 0.4) is 0 Å². The third-order valence-electron chi connectivity index (χ3n) is 3.99. The highest BCUT2D eigenvalue weighted by Gasteiger charge is 2.23. The molecule has 2 aromatic carbocycles. The van der Waals surface area contributed by atoms with E-state index in [9.17, 15) is 14.9 Å². The number of carbonyl (C=O) groups excluding carboxylic acids is 1. The van der Waals surface area contributed by atoms with Gasteiger partial charge < -0.3 is 0 Å². The largest absolute Gasteiger partial charge is 0.299 e. The van der Waals surface area contributed by atoms with Crippen LogP contribution < -0.4 is 5.32 Å². The van der Waals surface area contributed by atoms with Gasteiger partial charge in [-0.05, 0) is 34.9 Å². The Kier molecular flexibility index (Phi) is 6.00. The second kappa shape index (κ2) is 8.62. The average Bonchev–Trinajstić information content (AvgIpc) is 3.01. The molecule has 1 amide bonds. The lowest BCUT2D eigenvalue weighted by Gasteiger charge is -2.04. The normalized spacial score (nSPS) is 17.0. The van der Waals surface area contributed by atoms with Crippen molar-refractivity contribution in [1.29, 1.82) is 0 Å². The van der Waals surface area contributed by atoms with Crippen LogP contribution in [0.25, 0.3) is 6.08 Å². The number of amides is 1. The van der Waals surface area contributed by atoms with Crippen LogP contribution in [0.5, 0.6) is 0 Å². The van der Waals surface area contributed by atoms with Gasteiger partial charge in [-0.15, -0.1) is 5.10 Å². The number of rotatable bonds is 5. The van der Waals surface area contributed by atoms with Gasteiger partial charge in [-0.25, -0.2) is 0 Å². The molecular formula is C20H18N4O3S. The molecule has 3 rings (SSSR count). The molecule has 1 aliphatic rings. The van der Waals surface area contributed by atoms with E-state index in [1.807, 2.05) is 24.3 Å². The standard InChI is InChI=1S/C20H18N4O3S/c1-13(2)16-8-6-14(7-9-16)11-18-19(25)22-20(28-18)23-21-12-15-4-3-5-17(10-15)24(26)27/h3-13H,1-2H3,(H,22,23,25)/b18-11-,21-12+. The summed E-state index contributed by atoms with van der Waals surface area (Å²) in [6.45, 7) is 4.26. The second-order valence-electron chi connectivity index (χ2n) is 6.39. The maximum absolute atomic E-state index is 12.1. The lowest BCUT2D eigenvalue weighted by atomic mass is 10.0. The molecule has 0 radical (unpaired) electrons. The number of nitrogens with one attached hydrogen (secondary N) is 1. The number of hydrogen-bond acceptors (Lipinski definition) is 6. The third kappa shape index (κ3) is 4.92. The van der Waals surface area contributed by atoms with E-state index in [0.717, 1.165) is 5.56 Å². The van der Waals surface area contributed by atoms with Gasteiger partial charge in [-0.3, -0.25) is 20.2 Å². The minimum absolute atomic E-state index is 0.0196. The zero-order chi connectivity index (χ0) is 20.1. The van der Waals surface area contributed by atoms with E-state index >= 15 is 0 Å². The number of amidine groups is 1. The van der Waals surface area contributed by atoms with Crippen molar-refractivity contribution in [2.75, 3.05) is 0 Å². The van der Waals surface area contributed by atoms with Gasteiger partial charge in [0.2, 0.25) is 0 Å². The Morgan fingerprint density at radius 3 is 2.57 bits per heavy atom. The first kappa shape index (κ1) is 19.5. The van der Waals surface area contributed by atoms with Crippen LogP contribution in [-0.2, 0) is 4.79 Å². The molecule has 0 aromatic heterocycles. The fourth-order valence-corrected chi connectivity index (χ4v) is 3.25. The second-order valence-corrected chi connectivity index (χ2v) is 7.42. The summed E-state index contributed by atoms with van der Waals surface area (Å²) in [6, 6.07) is 14.1. The summed E-state index contributed by atoms with van der Waals surface area (Å²) in [5.74, 6) is 0.218. The molecule has 0 atom stereocenters. The van der Waals surface area contributed by atoms with Crippen LogP contribution in [0, 0.1) is 10.1 Å². The molecular weight excluding hydrogens is 376 g/mol. The minimum atomic E-state index is -0.471. The van der Waals surface area contributed by atoms with Crippen molar-refractivity contribution < 1.29 is 9.72 Å². The topological polar surface area (TPSA) is 97.0 Å². The SMILES string of the molecule is CC(C)c1ccc(/C=C2\S/C(=N/N=C/c3cccc([N+](=O)[O-])c3)NC2=O)cc1. The first-order chi connectivity index (χ1) is 13.4. The van der Waals surface area contributed by atoms with Crippen LogP contribution >= 0.6 is 11.8 Å². The first-order valence-corrected chi connectivity index (χ1v) is 9.40. The maximum Gasteiger partial charge on any atom is 0.270 e. The summed E-state index contributed by atoms with van der Waals surface area (Å²) in [6.07, 6.45) is 3.20. The molecule has 2 aromatic rings. The average molecular weight is 394 g/mol. The van der Waals surface area contributed by atoms with Crippen molar-refractivity contribution in [1.82, 2.24) is 5.32 Å². The summed E-state index contributed by atoms with van der Waals surface area (Å²) >= 11 is 1.20. The highest BCUT2D eigenvalue weighted by atomic mass is 32.2. The summed E-state index contributed by atoms with van der Waals surface area (Å²) in [4.78, 5) is 23.0. The molecule has 0 bridgehead atoms. The molecule has 1 heterocycles. The number of hydrogen-bond donors (Lipinski definition) is 1. The Morgan fingerprint density at radius 2 is 1.89 bits per heavy atom. The van der Waals surface area contributed by atoms with Crippen molar-refractivity contribution in [2.45, 2.75) is 19.8 Å². The molecule has 28 heavy (non-hydrogen) atoms. The van der Waals surface area contributed by atoms with Crippen molar-refractivity contribution >= 4 is 40.8 Å². The fraction of sp³-hybridized carbons (Fsp3) is 0.150. The number of nitro benzene ring substituents is 1. The van der Waals surface area contributed by atoms with E-state index in [-0.39, 0.29) is 11.6 Å². The van der Waals surface area contributed by atoms with Gasteiger partial charge in [-0.1, -0.05) is 50.2 Å². The lowest BCUT2D eigenvalue weighted by molar-refractivity contribution is -0.384. The molecule has 1 aliphatic heterocycles. The molecule has 7 nitrogen and oxygen atoms in total. The molecule has 142 valence electrons. The Labute approximate surface area is 166 Å². The maximum atomic E-state index is 12.1. The first-order valence-electron chi connectivity index (χ1n) is 8.59. The lowest BCUT2D eigenvalue weighted by Crippen LogP contribution is -2.19. The molecule has 0 unspecified atom stereocenters. The number of nitro groups is 1. The van der Waals surface area contributed by atoms with Crippen LogP contribution in [0.15, 0.2) is 63.6 Å². The smallest absolute Gasteiger partial charge is 0.270 e. The van der Waals surface area contributed by atoms with Gasteiger partial charge in [-0.2, -0.15) is 5.10 Å². The number of thioether (sulfide) groups is 1. The molecule has 1 saturated heterocycles. The molecule has 0 spiro atoms. The van der Waals surface area contributed by atoms with Crippen molar-refractivity contribution in [2.24, 2.45) is 10.2 Å². The number of carbonyl (C=O) groups is 1. The Balaban J connectivity index is 1.69. The van der Waals surface area contributed by atoms with E-state index in [1.165, 1.54) is 35.7 Å². The Bertz CT molecular complexity index is 995. The predicted octanol–water partition coefficient (Wildman–Crippen LogP) is 4.31. The predicted molar refractivity (Wildman–Crippen MR) is 112 cm³/mol. The summed E-state index contributed by atoms with van der Waals surface area (Å²) in [7, 11) is 0. The van der Waals surface area contributed by atoms with Gasteiger partial charge in [0.05, 0.1) is 16.0 Å². The summed E-state index contributed by atoms with van der Waals surface area (Å²) < 4.78 is 0. The quantitative estimate of drug-likeness (QED) is 0.354.